The summed E-state index contributed by atoms with van der Waals surface area (Å²) in [6.45, 7) is 4.56. The highest BCUT2D eigenvalue weighted by Gasteiger charge is 2.14. The smallest absolute Gasteiger partial charge is 0.0232 e. The highest BCUT2D eigenvalue weighted by Crippen LogP contribution is 2.30. The number of hydrogen-bond acceptors (Lipinski definition) is 0. The molecule has 0 spiro atoms. The van der Waals surface area contributed by atoms with Gasteiger partial charge in [-0.15, -0.1) is 0 Å². The van der Waals surface area contributed by atoms with Crippen LogP contribution in [0.2, 0.25) is 0 Å². The fourth-order valence-corrected chi connectivity index (χ4v) is 1.61. The average molecular weight is 124 g/mol. The molecule has 0 radical (unpaired) electrons. The zero-order valence-electron chi connectivity index (χ0n) is 6.48. The monoisotopic (exact) mass is 124 g/mol. The fourth-order valence-electron chi connectivity index (χ4n) is 1.61. The van der Waals surface area contributed by atoms with Crippen molar-refractivity contribution >= 4 is 0 Å². The van der Waals surface area contributed by atoms with Gasteiger partial charge >= 0.3 is 0 Å². The van der Waals surface area contributed by atoms with Crippen LogP contribution in [0.5, 0.6) is 0 Å². The van der Waals surface area contributed by atoms with E-state index in [1.54, 1.807) is 5.57 Å². The maximum Gasteiger partial charge on any atom is -0.0232 e. The van der Waals surface area contributed by atoms with Gasteiger partial charge in [0, 0.05) is 0 Å². The fraction of sp³-hybridized carbons (Fsp3) is 0.778. The molecule has 1 aliphatic carbocycles. The van der Waals surface area contributed by atoms with Gasteiger partial charge in [-0.1, -0.05) is 25.5 Å². The van der Waals surface area contributed by atoms with E-state index in [1.165, 1.54) is 25.7 Å². The van der Waals surface area contributed by atoms with Gasteiger partial charge < -0.3 is 0 Å². The van der Waals surface area contributed by atoms with Crippen LogP contribution < -0.4 is 0 Å². The van der Waals surface area contributed by atoms with Crippen molar-refractivity contribution in [3.63, 3.8) is 0 Å². The molecule has 1 atom stereocenters. The molecule has 0 aromatic rings. The third-order valence-corrected chi connectivity index (χ3v) is 2.20. The van der Waals surface area contributed by atoms with Crippen LogP contribution >= 0.6 is 0 Å². The van der Waals surface area contributed by atoms with E-state index in [9.17, 15) is 0 Å². The molecule has 0 aromatic heterocycles. The summed E-state index contributed by atoms with van der Waals surface area (Å²) in [5, 5.41) is 0. The first-order valence-corrected chi connectivity index (χ1v) is 4.03. The van der Waals surface area contributed by atoms with Crippen molar-refractivity contribution in [2.45, 2.75) is 39.5 Å². The molecule has 0 bridgehead atoms. The van der Waals surface area contributed by atoms with Crippen LogP contribution in [0, 0.1) is 5.92 Å². The molecule has 52 valence electrons. The van der Waals surface area contributed by atoms with Gasteiger partial charge in [-0.3, -0.25) is 0 Å². The number of rotatable bonds is 1. The van der Waals surface area contributed by atoms with E-state index in [2.05, 4.69) is 19.9 Å². The van der Waals surface area contributed by atoms with Crippen molar-refractivity contribution in [3.8, 4) is 0 Å². The average Bonchev–Trinajstić information content (AvgIpc) is 2.18. The maximum atomic E-state index is 2.40. The Bertz CT molecular complexity index is 111. The van der Waals surface area contributed by atoms with Crippen molar-refractivity contribution in [2.24, 2.45) is 5.92 Å². The first kappa shape index (κ1) is 6.85. The van der Waals surface area contributed by atoms with E-state index < -0.39 is 0 Å². The molecule has 1 rings (SSSR count). The SMILES string of the molecule is CCC=C1CCCC1C. The predicted molar refractivity (Wildman–Crippen MR) is 41.4 cm³/mol. The van der Waals surface area contributed by atoms with Gasteiger partial charge in [-0.05, 0) is 31.6 Å². The summed E-state index contributed by atoms with van der Waals surface area (Å²) < 4.78 is 0. The lowest BCUT2D eigenvalue weighted by atomic mass is 10.0. The van der Waals surface area contributed by atoms with Gasteiger partial charge in [0.1, 0.15) is 0 Å². The zero-order chi connectivity index (χ0) is 6.69. The van der Waals surface area contributed by atoms with Crippen molar-refractivity contribution in [2.75, 3.05) is 0 Å². The summed E-state index contributed by atoms with van der Waals surface area (Å²) >= 11 is 0. The second kappa shape index (κ2) is 3.05. The minimum Gasteiger partial charge on any atom is -0.0853 e. The molecule has 9 heavy (non-hydrogen) atoms. The Kier molecular flexibility index (Phi) is 2.32. The molecule has 0 amide bonds. The number of allylic oxidation sites excluding steroid dienone is 2. The van der Waals surface area contributed by atoms with E-state index in [-0.39, 0.29) is 0 Å². The Morgan fingerprint density at radius 3 is 2.89 bits per heavy atom. The van der Waals surface area contributed by atoms with Crippen LogP contribution in [-0.2, 0) is 0 Å². The molecule has 1 fully saturated rings. The normalized spacial score (nSPS) is 31.8. The third kappa shape index (κ3) is 1.57. The van der Waals surface area contributed by atoms with E-state index in [4.69, 9.17) is 0 Å². The van der Waals surface area contributed by atoms with Crippen molar-refractivity contribution in [3.05, 3.63) is 11.6 Å². The molecule has 0 N–H and O–H groups in total. The highest BCUT2D eigenvalue weighted by atomic mass is 14.2. The Morgan fingerprint density at radius 2 is 2.44 bits per heavy atom. The summed E-state index contributed by atoms with van der Waals surface area (Å²) in [5.41, 5.74) is 1.71. The number of hydrogen-bond donors (Lipinski definition) is 0. The van der Waals surface area contributed by atoms with Crippen LogP contribution in [0.15, 0.2) is 11.6 Å². The lowest BCUT2D eigenvalue weighted by molar-refractivity contribution is 0.694. The third-order valence-electron chi connectivity index (χ3n) is 2.20. The van der Waals surface area contributed by atoms with Gasteiger partial charge in [-0.25, -0.2) is 0 Å². The van der Waals surface area contributed by atoms with Gasteiger partial charge in [0.05, 0.1) is 0 Å². The summed E-state index contributed by atoms with van der Waals surface area (Å²) in [6, 6.07) is 0. The summed E-state index contributed by atoms with van der Waals surface area (Å²) in [5.74, 6) is 0.893. The maximum absolute atomic E-state index is 2.40. The molecule has 0 saturated heterocycles. The van der Waals surface area contributed by atoms with Crippen LogP contribution in [0.3, 0.4) is 0 Å². The van der Waals surface area contributed by atoms with Gasteiger partial charge in [0.15, 0.2) is 0 Å². The summed E-state index contributed by atoms with van der Waals surface area (Å²) in [4.78, 5) is 0. The van der Waals surface area contributed by atoms with Crippen LogP contribution in [0.1, 0.15) is 39.5 Å². The van der Waals surface area contributed by atoms with E-state index in [0.29, 0.717) is 0 Å². The standard InChI is InChI=1S/C9H16/c1-3-5-9-7-4-6-8(9)2/h5,8H,3-4,6-7H2,1-2H3. The summed E-state index contributed by atoms with van der Waals surface area (Å²) in [7, 11) is 0. The zero-order valence-corrected chi connectivity index (χ0v) is 6.48. The quantitative estimate of drug-likeness (QED) is 0.471. The van der Waals surface area contributed by atoms with Gasteiger partial charge in [0.25, 0.3) is 0 Å². The first-order valence-electron chi connectivity index (χ1n) is 4.03. The Morgan fingerprint density at radius 1 is 1.67 bits per heavy atom. The highest BCUT2D eigenvalue weighted by molar-refractivity contribution is 5.09. The minimum atomic E-state index is 0.893. The van der Waals surface area contributed by atoms with Crippen LogP contribution in [-0.4, -0.2) is 0 Å². The molecular weight excluding hydrogens is 108 g/mol. The molecule has 1 aliphatic rings. The molecule has 1 saturated carbocycles. The molecule has 0 nitrogen and oxygen atoms in total. The molecule has 0 heterocycles. The molecular formula is C9H16. The molecule has 0 aromatic carbocycles. The molecule has 0 aliphatic heterocycles. The van der Waals surface area contributed by atoms with E-state index >= 15 is 0 Å². The lowest BCUT2D eigenvalue weighted by Gasteiger charge is -2.01. The van der Waals surface area contributed by atoms with Crippen molar-refractivity contribution in [1.82, 2.24) is 0 Å². The van der Waals surface area contributed by atoms with Crippen molar-refractivity contribution in [1.29, 1.82) is 0 Å². The Balaban J connectivity index is 2.48. The Labute approximate surface area is 58.0 Å². The second-order valence-corrected chi connectivity index (χ2v) is 2.98. The minimum absolute atomic E-state index is 0.893. The largest absolute Gasteiger partial charge is 0.0853 e. The van der Waals surface area contributed by atoms with Gasteiger partial charge in [0.2, 0.25) is 0 Å². The predicted octanol–water partition coefficient (Wildman–Crippen LogP) is 3.14. The topological polar surface area (TPSA) is 0 Å². The van der Waals surface area contributed by atoms with Crippen LogP contribution in [0.25, 0.3) is 0 Å². The van der Waals surface area contributed by atoms with E-state index in [1.807, 2.05) is 0 Å². The van der Waals surface area contributed by atoms with Gasteiger partial charge in [-0.2, -0.15) is 0 Å². The van der Waals surface area contributed by atoms with Crippen LogP contribution in [0.4, 0.5) is 0 Å². The summed E-state index contributed by atoms with van der Waals surface area (Å²) in [6.07, 6.45) is 7.84. The van der Waals surface area contributed by atoms with Crippen molar-refractivity contribution < 1.29 is 0 Å². The second-order valence-electron chi connectivity index (χ2n) is 2.98. The molecule has 1 unspecified atom stereocenters. The lowest BCUT2D eigenvalue weighted by Crippen LogP contribution is -1.86. The van der Waals surface area contributed by atoms with E-state index in [0.717, 1.165) is 5.92 Å². The first-order chi connectivity index (χ1) is 4.34. The Hall–Kier alpha value is -0.260. The molecule has 0 heteroatoms.